The van der Waals surface area contributed by atoms with E-state index in [1.165, 1.54) is 29.2 Å². The average molecular weight is 433 g/mol. The first kappa shape index (κ1) is 21.7. The predicted molar refractivity (Wildman–Crippen MR) is 89.8 cm³/mol. The van der Waals surface area contributed by atoms with Crippen molar-refractivity contribution in [1.29, 1.82) is 0 Å². The number of rotatable bonds is 4. The zero-order valence-electron chi connectivity index (χ0n) is 12.9. The standard InChI is InChI=1S/C9H8N2O5S3.CH4O4S/c1-10-5-4-8(19(14,15)16)6(11(12)13)3-7(5)18-9(10)17-2;1-5-6(2,3)4/h3-4H,1-2H3;1H3,(H,2,3,4)/p+1. The summed E-state index contributed by atoms with van der Waals surface area (Å²) in [5.41, 5.74) is -0.0999. The molecule has 0 saturated carbocycles. The van der Waals surface area contributed by atoms with Crippen molar-refractivity contribution in [2.75, 3.05) is 13.4 Å². The van der Waals surface area contributed by atoms with Gasteiger partial charge in [-0.2, -0.15) is 21.4 Å². The molecule has 2 aromatic rings. The number of nitro benzene ring substituents is 1. The number of hydrogen-bond acceptors (Lipinski definition) is 9. The third-order valence-corrected chi connectivity index (χ3v) is 6.41. The number of aryl methyl sites for hydroxylation is 1. The summed E-state index contributed by atoms with van der Waals surface area (Å²) in [5, 5.41) is 10.9. The highest BCUT2D eigenvalue weighted by atomic mass is 32.3. The molecule has 0 saturated heterocycles. The zero-order chi connectivity index (χ0) is 19.6. The molecule has 0 radical (unpaired) electrons. The highest BCUT2D eigenvalue weighted by Crippen LogP contribution is 2.33. The Morgan fingerprint density at radius 2 is 1.80 bits per heavy atom. The average Bonchev–Trinajstić information content (AvgIpc) is 2.81. The number of nitro groups is 1. The van der Waals surface area contributed by atoms with Gasteiger partial charge in [0.05, 0.1) is 12.0 Å². The lowest BCUT2D eigenvalue weighted by Crippen LogP contribution is -2.28. The van der Waals surface area contributed by atoms with Gasteiger partial charge in [0.2, 0.25) is 5.52 Å². The second kappa shape index (κ2) is 7.90. The third-order valence-electron chi connectivity index (χ3n) is 2.73. The van der Waals surface area contributed by atoms with Crippen molar-refractivity contribution in [1.82, 2.24) is 0 Å². The van der Waals surface area contributed by atoms with Gasteiger partial charge in [-0.1, -0.05) is 11.3 Å². The van der Waals surface area contributed by atoms with Crippen molar-refractivity contribution >= 4 is 59.5 Å². The summed E-state index contributed by atoms with van der Waals surface area (Å²) >= 11 is 2.77. The number of thioether (sulfide) groups is 1. The van der Waals surface area contributed by atoms with Gasteiger partial charge in [0.15, 0.2) is 4.90 Å². The van der Waals surface area contributed by atoms with Crippen LogP contribution in [0.4, 0.5) is 5.69 Å². The van der Waals surface area contributed by atoms with Crippen LogP contribution >= 0.6 is 23.1 Å². The molecule has 1 aromatic heterocycles. The Bertz CT molecular complexity index is 1010. The monoisotopic (exact) mass is 433 g/mol. The summed E-state index contributed by atoms with van der Waals surface area (Å²) in [6.07, 6.45) is 1.85. The molecule has 0 atom stereocenters. The van der Waals surface area contributed by atoms with E-state index in [0.29, 0.717) is 10.2 Å². The molecule has 0 spiro atoms. The van der Waals surface area contributed by atoms with Crippen LogP contribution in [0.25, 0.3) is 10.2 Å². The molecule has 0 aliphatic heterocycles. The normalized spacial score (nSPS) is 11.9. The summed E-state index contributed by atoms with van der Waals surface area (Å²) in [4.78, 5) is 9.39. The fourth-order valence-electron chi connectivity index (χ4n) is 1.67. The Hall–Kier alpha value is -1.36. The maximum Gasteiger partial charge on any atom is 0.397 e. The fourth-order valence-corrected chi connectivity index (χ4v) is 4.20. The van der Waals surface area contributed by atoms with Gasteiger partial charge >= 0.3 is 20.5 Å². The number of fused-ring (bicyclic) bond motifs is 1. The van der Waals surface area contributed by atoms with E-state index in [9.17, 15) is 26.9 Å². The van der Waals surface area contributed by atoms with E-state index in [-0.39, 0.29) is 0 Å². The van der Waals surface area contributed by atoms with Crippen molar-refractivity contribution in [3.8, 4) is 0 Å². The summed E-state index contributed by atoms with van der Waals surface area (Å²) in [6, 6.07) is 2.29. The van der Waals surface area contributed by atoms with E-state index < -0.39 is 36.0 Å². The molecule has 0 fully saturated rings. The first-order valence-electron chi connectivity index (χ1n) is 5.97. The first-order chi connectivity index (χ1) is 11.3. The van der Waals surface area contributed by atoms with Gasteiger partial charge in [0, 0.05) is 12.1 Å². The largest absolute Gasteiger partial charge is 0.397 e. The topological polar surface area (TPSA) is 165 Å². The van der Waals surface area contributed by atoms with Crippen molar-refractivity contribution in [3.05, 3.63) is 22.2 Å². The molecule has 11 nitrogen and oxygen atoms in total. The summed E-state index contributed by atoms with van der Waals surface area (Å²) in [7, 11) is -6.21. The Labute approximate surface area is 151 Å². The van der Waals surface area contributed by atoms with Crippen LogP contribution in [0.3, 0.4) is 0 Å². The lowest BCUT2D eigenvalue weighted by atomic mass is 10.3. The summed E-state index contributed by atoms with van der Waals surface area (Å²) in [6.45, 7) is 0. The van der Waals surface area contributed by atoms with Gasteiger partial charge in [-0.15, -0.1) is 0 Å². The third kappa shape index (κ3) is 5.56. The molecule has 15 heteroatoms. The molecule has 2 rings (SSSR count). The van der Waals surface area contributed by atoms with E-state index in [1.807, 2.05) is 6.26 Å². The minimum absolute atomic E-state index is 0.521. The highest BCUT2D eigenvalue weighted by molar-refractivity contribution is 8.00. The summed E-state index contributed by atoms with van der Waals surface area (Å²) < 4.78 is 64.4. The second-order valence-corrected chi connectivity index (χ2v) is 8.91. The summed E-state index contributed by atoms with van der Waals surface area (Å²) in [5.74, 6) is 0. The Balaban J connectivity index is 0.000000450. The van der Waals surface area contributed by atoms with Crippen LogP contribution in [0.2, 0.25) is 0 Å². The van der Waals surface area contributed by atoms with Gasteiger partial charge < -0.3 is 0 Å². The SMILES string of the molecule is COS(=O)(=O)O.CSc1sc2cc([N+](=O)[O-])c(S(=O)(=O)O)cc2[n+]1C. The van der Waals surface area contributed by atoms with Crippen molar-refractivity contribution in [2.24, 2.45) is 7.05 Å². The molecule has 0 amide bonds. The van der Waals surface area contributed by atoms with Crippen LogP contribution in [0.5, 0.6) is 0 Å². The Morgan fingerprint density at radius 3 is 2.16 bits per heavy atom. The molecule has 25 heavy (non-hydrogen) atoms. The van der Waals surface area contributed by atoms with Gasteiger partial charge in [-0.3, -0.25) is 23.4 Å². The minimum Gasteiger partial charge on any atom is -0.282 e. The maximum absolute atomic E-state index is 11.2. The lowest BCUT2D eigenvalue weighted by molar-refractivity contribution is -0.676. The molecule has 0 unspecified atom stereocenters. The lowest BCUT2D eigenvalue weighted by Gasteiger charge is -1.98. The number of thiazole rings is 1. The molecule has 2 N–H and O–H groups in total. The second-order valence-electron chi connectivity index (χ2n) is 4.25. The van der Waals surface area contributed by atoms with Crippen LogP contribution in [-0.2, 0) is 31.7 Å². The number of aromatic nitrogens is 1. The van der Waals surface area contributed by atoms with E-state index in [2.05, 4.69) is 4.18 Å². The molecule has 1 aromatic carbocycles. The molecule has 140 valence electrons. The van der Waals surface area contributed by atoms with Gasteiger partial charge in [0.25, 0.3) is 10.0 Å². The van der Waals surface area contributed by atoms with Gasteiger partial charge in [-0.25, -0.2) is 0 Å². The highest BCUT2D eigenvalue weighted by Gasteiger charge is 2.29. The smallest absolute Gasteiger partial charge is 0.282 e. The number of nitrogens with zero attached hydrogens (tertiary/aromatic N) is 2. The number of benzene rings is 1. The van der Waals surface area contributed by atoms with Gasteiger partial charge in [-0.05, 0) is 18.0 Å². The number of hydrogen-bond donors (Lipinski definition) is 2. The maximum atomic E-state index is 11.2. The fraction of sp³-hybridized carbons (Fsp3) is 0.300. The molecule has 0 aliphatic rings. The Morgan fingerprint density at radius 1 is 1.28 bits per heavy atom. The van der Waals surface area contributed by atoms with Crippen LogP contribution in [0.1, 0.15) is 0 Å². The molecule has 1 heterocycles. The molecular weight excluding hydrogens is 420 g/mol. The molecule has 0 bridgehead atoms. The molecule has 0 aliphatic carbocycles. The van der Waals surface area contributed by atoms with Crippen molar-refractivity contribution in [2.45, 2.75) is 9.24 Å². The minimum atomic E-state index is -4.64. The van der Waals surface area contributed by atoms with E-state index in [0.717, 1.165) is 17.5 Å². The van der Waals surface area contributed by atoms with E-state index in [4.69, 9.17) is 9.11 Å². The van der Waals surface area contributed by atoms with Gasteiger partial charge in [0.1, 0.15) is 11.7 Å². The Kier molecular flexibility index (Phi) is 6.85. The van der Waals surface area contributed by atoms with E-state index in [1.54, 1.807) is 11.6 Å². The molecular formula is C10H13N2O9S4+. The zero-order valence-corrected chi connectivity index (χ0v) is 16.2. The van der Waals surface area contributed by atoms with Crippen LogP contribution < -0.4 is 4.57 Å². The predicted octanol–water partition coefficient (Wildman–Crippen LogP) is 1.04. The van der Waals surface area contributed by atoms with Crippen LogP contribution in [0, 0.1) is 10.1 Å². The quantitative estimate of drug-likeness (QED) is 0.234. The van der Waals surface area contributed by atoms with Crippen LogP contribution in [-0.4, -0.2) is 44.2 Å². The first-order valence-corrected chi connectivity index (χ1v) is 10.8. The van der Waals surface area contributed by atoms with Crippen molar-refractivity contribution in [3.63, 3.8) is 0 Å². The van der Waals surface area contributed by atoms with E-state index >= 15 is 0 Å². The van der Waals surface area contributed by atoms with Crippen LogP contribution in [0.15, 0.2) is 21.4 Å². The van der Waals surface area contributed by atoms with Crippen molar-refractivity contribution < 1.29 is 39.6 Å².